The number of carbonyl (C=O) groups is 2. The standard InChI is InChI=1S/C17H19N5O2/c23-16(15-10-19-13-5-1-2-6-14(13)20-15)21-8-3-4-12(11-21)22-9-7-18-17(22)24/h1-2,5-6,10,12H,3-4,7-9,11H2,(H,18,24)/t12-/m0/s1. The Kier molecular flexibility index (Phi) is 3.76. The van der Waals surface area contributed by atoms with Crippen molar-refractivity contribution >= 4 is 23.0 Å². The highest BCUT2D eigenvalue weighted by Gasteiger charge is 2.33. The van der Waals surface area contributed by atoms with Crippen molar-refractivity contribution in [3.63, 3.8) is 0 Å². The molecule has 2 aliphatic rings. The van der Waals surface area contributed by atoms with Crippen molar-refractivity contribution in [1.82, 2.24) is 25.1 Å². The van der Waals surface area contributed by atoms with Gasteiger partial charge in [-0.2, -0.15) is 0 Å². The first kappa shape index (κ1) is 14.9. The third-order valence-corrected chi connectivity index (χ3v) is 4.68. The van der Waals surface area contributed by atoms with E-state index in [2.05, 4.69) is 15.3 Å². The van der Waals surface area contributed by atoms with Gasteiger partial charge in [0.25, 0.3) is 5.91 Å². The fourth-order valence-electron chi connectivity index (χ4n) is 3.45. The molecule has 7 nitrogen and oxygen atoms in total. The van der Waals surface area contributed by atoms with E-state index in [0.29, 0.717) is 31.9 Å². The second-order valence-corrected chi connectivity index (χ2v) is 6.22. The topological polar surface area (TPSA) is 78.4 Å². The van der Waals surface area contributed by atoms with Gasteiger partial charge >= 0.3 is 6.03 Å². The van der Waals surface area contributed by atoms with Crippen LogP contribution in [0.5, 0.6) is 0 Å². The first-order chi connectivity index (χ1) is 11.7. The first-order valence-corrected chi connectivity index (χ1v) is 8.28. The molecule has 1 atom stereocenters. The van der Waals surface area contributed by atoms with Crippen LogP contribution in [0, 0.1) is 0 Å². The molecule has 7 heteroatoms. The van der Waals surface area contributed by atoms with Crippen LogP contribution < -0.4 is 5.32 Å². The number of benzene rings is 1. The number of carbonyl (C=O) groups excluding carboxylic acids is 2. The number of nitrogens with one attached hydrogen (secondary N) is 1. The average molecular weight is 325 g/mol. The van der Waals surface area contributed by atoms with Crippen molar-refractivity contribution in [1.29, 1.82) is 0 Å². The van der Waals surface area contributed by atoms with Gasteiger partial charge in [-0.3, -0.25) is 9.78 Å². The highest BCUT2D eigenvalue weighted by Crippen LogP contribution is 2.19. The number of amides is 3. The van der Waals surface area contributed by atoms with Crippen molar-refractivity contribution < 1.29 is 9.59 Å². The van der Waals surface area contributed by atoms with Crippen LogP contribution in [0.1, 0.15) is 23.3 Å². The summed E-state index contributed by atoms with van der Waals surface area (Å²) in [6.07, 6.45) is 3.36. The maximum absolute atomic E-state index is 12.8. The van der Waals surface area contributed by atoms with E-state index in [-0.39, 0.29) is 18.0 Å². The average Bonchev–Trinajstić information content (AvgIpc) is 3.07. The van der Waals surface area contributed by atoms with Gasteiger partial charge < -0.3 is 15.1 Å². The van der Waals surface area contributed by atoms with Crippen LogP contribution in [-0.4, -0.2) is 63.9 Å². The van der Waals surface area contributed by atoms with E-state index in [1.807, 2.05) is 29.2 Å². The number of rotatable bonds is 2. The van der Waals surface area contributed by atoms with Crippen LogP contribution in [0.25, 0.3) is 11.0 Å². The number of urea groups is 1. The zero-order valence-electron chi connectivity index (χ0n) is 13.3. The molecule has 124 valence electrons. The molecular formula is C17H19N5O2. The zero-order valence-corrected chi connectivity index (χ0v) is 13.3. The third-order valence-electron chi connectivity index (χ3n) is 4.68. The molecule has 0 unspecified atom stereocenters. The Labute approximate surface area is 139 Å². The van der Waals surface area contributed by atoms with E-state index in [1.54, 1.807) is 4.90 Å². The number of nitrogens with zero attached hydrogens (tertiary/aromatic N) is 4. The summed E-state index contributed by atoms with van der Waals surface area (Å²) in [5.74, 6) is -0.113. The Bertz CT molecular complexity index is 793. The van der Waals surface area contributed by atoms with Crippen molar-refractivity contribution in [3.8, 4) is 0 Å². The number of likely N-dealkylation sites (tertiary alicyclic amines) is 1. The third kappa shape index (κ3) is 2.66. The summed E-state index contributed by atoms with van der Waals surface area (Å²) in [5, 5.41) is 2.82. The van der Waals surface area contributed by atoms with E-state index in [4.69, 9.17) is 0 Å². The van der Waals surface area contributed by atoms with Crippen molar-refractivity contribution in [2.45, 2.75) is 18.9 Å². The highest BCUT2D eigenvalue weighted by molar-refractivity contribution is 5.94. The van der Waals surface area contributed by atoms with Crippen LogP contribution in [0.15, 0.2) is 30.5 Å². The molecule has 0 bridgehead atoms. The predicted molar refractivity (Wildman–Crippen MR) is 88.6 cm³/mol. The van der Waals surface area contributed by atoms with Gasteiger partial charge in [0.1, 0.15) is 5.69 Å². The SMILES string of the molecule is O=C(c1cnc2ccccc2n1)N1CCC[C@H](N2CCNC2=O)C1. The largest absolute Gasteiger partial charge is 0.336 e. The van der Waals surface area contributed by atoms with Crippen LogP contribution in [0.4, 0.5) is 4.79 Å². The molecule has 2 aromatic rings. The monoisotopic (exact) mass is 325 g/mol. The molecule has 3 amide bonds. The van der Waals surface area contributed by atoms with Crippen molar-refractivity contribution in [2.75, 3.05) is 26.2 Å². The van der Waals surface area contributed by atoms with Gasteiger partial charge in [0, 0.05) is 26.2 Å². The van der Waals surface area contributed by atoms with E-state index in [0.717, 1.165) is 23.9 Å². The number of piperidine rings is 1. The van der Waals surface area contributed by atoms with Gasteiger partial charge in [0.15, 0.2) is 0 Å². The minimum absolute atomic E-state index is 0.0280. The van der Waals surface area contributed by atoms with Gasteiger partial charge in [-0.1, -0.05) is 12.1 Å². The van der Waals surface area contributed by atoms with Crippen LogP contribution in [-0.2, 0) is 0 Å². The molecule has 2 fully saturated rings. The maximum atomic E-state index is 12.8. The summed E-state index contributed by atoms with van der Waals surface area (Å²) in [5.41, 5.74) is 1.86. The number of hydrogen-bond acceptors (Lipinski definition) is 4. The van der Waals surface area contributed by atoms with Crippen molar-refractivity contribution in [3.05, 3.63) is 36.2 Å². The van der Waals surface area contributed by atoms with Gasteiger partial charge in [0.05, 0.1) is 23.3 Å². The Morgan fingerprint density at radius 2 is 2.04 bits per heavy atom. The molecule has 2 saturated heterocycles. The minimum atomic E-state index is -0.113. The molecule has 1 aromatic heterocycles. The summed E-state index contributed by atoms with van der Waals surface area (Å²) in [6, 6.07) is 7.56. The molecule has 1 aromatic carbocycles. The van der Waals surface area contributed by atoms with Gasteiger partial charge in [-0.25, -0.2) is 9.78 Å². The number of hydrogen-bond donors (Lipinski definition) is 1. The minimum Gasteiger partial charge on any atom is -0.336 e. The second-order valence-electron chi connectivity index (χ2n) is 6.22. The number of fused-ring (bicyclic) bond motifs is 1. The zero-order chi connectivity index (χ0) is 16.5. The summed E-state index contributed by atoms with van der Waals surface area (Å²) >= 11 is 0. The van der Waals surface area contributed by atoms with E-state index in [9.17, 15) is 9.59 Å². The quantitative estimate of drug-likeness (QED) is 0.901. The molecular weight excluding hydrogens is 306 g/mol. The van der Waals surface area contributed by atoms with Crippen LogP contribution >= 0.6 is 0 Å². The normalized spacial score (nSPS) is 21.2. The lowest BCUT2D eigenvalue weighted by Crippen LogP contribution is -2.50. The van der Waals surface area contributed by atoms with Crippen molar-refractivity contribution in [2.24, 2.45) is 0 Å². The molecule has 4 rings (SSSR count). The van der Waals surface area contributed by atoms with Crippen LogP contribution in [0.3, 0.4) is 0 Å². The van der Waals surface area contributed by atoms with E-state index < -0.39 is 0 Å². The molecule has 2 aliphatic heterocycles. The summed E-state index contributed by atoms with van der Waals surface area (Å²) in [4.78, 5) is 37.0. The van der Waals surface area contributed by atoms with E-state index in [1.165, 1.54) is 6.20 Å². The lowest BCUT2D eigenvalue weighted by molar-refractivity contribution is 0.0628. The maximum Gasteiger partial charge on any atom is 0.317 e. The lowest BCUT2D eigenvalue weighted by Gasteiger charge is -2.36. The molecule has 0 aliphatic carbocycles. The smallest absolute Gasteiger partial charge is 0.317 e. The molecule has 0 radical (unpaired) electrons. The Morgan fingerprint density at radius 1 is 1.21 bits per heavy atom. The Hall–Kier alpha value is -2.70. The molecule has 3 heterocycles. The number of para-hydroxylation sites is 2. The van der Waals surface area contributed by atoms with E-state index >= 15 is 0 Å². The highest BCUT2D eigenvalue weighted by atomic mass is 16.2. The molecule has 1 N–H and O–H groups in total. The lowest BCUT2D eigenvalue weighted by atomic mass is 10.0. The second kappa shape index (κ2) is 6.07. The summed E-state index contributed by atoms with van der Waals surface area (Å²) < 4.78 is 0. The first-order valence-electron chi connectivity index (χ1n) is 8.28. The van der Waals surface area contributed by atoms with Gasteiger partial charge in [-0.05, 0) is 25.0 Å². The van der Waals surface area contributed by atoms with Crippen LogP contribution in [0.2, 0.25) is 0 Å². The Morgan fingerprint density at radius 3 is 2.83 bits per heavy atom. The number of aromatic nitrogens is 2. The molecule has 0 spiro atoms. The Balaban J connectivity index is 1.53. The fourth-order valence-corrected chi connectivity index (χ4v) is 3.45. The van der Waals surface area contributed by atoms with Gasteiger partial charge in [0.2, 0.25) is 0 Å². The molecule has 0 saturated carbocycles. The fraction of sp³-hybridized carbons (Fsp3) is 0.412. The molecule has 24 heavy (non-hydrogen) atoms. The summed E-state index contributed by atoms with van der Waals surface area (Å²) in [6.45, 7) is 2.64. The van der Waals surface area contributed by atoms with Gasteiger partial charge in [-0.15, -0.1) is 0 Å². The predicted octanol–water partition coefficient (Wildman–Crippen LogP) is 1.26. The summed E-state index contributed by atoms with van der Waals surface area (Å²) in [7, 11) is 0.